The fourth-order valence-corrected chi connectivity index (χ4v) is 3.27. The Morgan fingerprint density at radius 1 is 1.15 bits per heavy atom. The summed E-state index contributed by atoms with van der Waals surface area (Å²) in [5.41, 5.74) is 3.19. The third-order valence-electron chi connectivity index (χ3n) is 4.26. The third-order valence-corrected chi connectivity index (χ3v) is 4.80. The highest BCUT2D eigenvalue weighted by Crippen LogP contribution is 2.34. The van der Waals surface area contributed by atoms with E-state index in [9.17, 15) is 9.59 Å². The lowest BCUT2D eigenvalue weighted by Crippen LogP contribution is -2.32. The lowest BCUT2D eigenvalue weighted by Gasteiger charge is -2.16. The molecular formula is C18H21N5O3S. The van der Waals surface area contributed by atoms with Gasteiger partial charge in [0, 0.05) is 18.7 Å². The van der Waals surface area contributed by atoms with Crippen LogP contribution in [0.25, 0.3) is 0 Å². The number of carbonyl (C=O) groups is 2. The number of anilines is 3. The summed E-state index contributed by atoms with van der Waals surface area (Å²) in [5.74, 6) is -0.198. The number of methoxy groups -OCH3 is 1. The van der Waals surface area contributed by atoms with Crippen molar-refractivity contribution in [3.05, 3.63) is 29.5 Å². The highest BCUT2D eigenvalue weighted by Gasteiger charge is 2.21. The van der Waals surface area contributed by atoms with Crippen LogP contribution < -0.4 is 20.7 Å². The third kappa shape index (κ3) is 4.13. The molecule has 1 aromatic heterocycles. The number of ether oxygens (including phenoxy) is 1. The minimum atomic E-state index is -0.758. The van der Waals surface area contributed by atoms with E-state index >= 15 is 0 Å². The Kier molecular flexibility index (Phi) is 5.80. The van der Waals surface area contributed by atoms with Crippen LogP contribution in [0.2, 0.25) is 0 Å². The molecule has 2 aromatic rings. The number of amides is 2. The van der Waals surface area contributed by atoms with Crippen molar-refractivity contribution in [1.82, 2.24) is 15.3 Å². The average molecular weight is 387 g/mol. The zero-order valence-electron chi connectivity index (χ0n) is 15.4. The summed E-state index contributed by atoms with van der Waals surface area (Å²) in [5, 5.41) is 8.91. The number of aromatic nitrogens is 2. The molecule has 3 rings (SSSR count). The lowest BCUT2D eigenvalue weighted by atomic mass is 10.2. The standard InChI is InChI=1S/C18H21N5O3S/c1-19-16(24)17(25)21-14-9-10(26-2)7-8-13(14)20-15-11-5-4-6-12(11)22-18(23-15)27-3/h7-9H,4-6H2,1-3H3,(H,19,24)(H,21,25)(H,20,22,23). The molecular weight excluding hydrogens is 366 g/mol. The molecule has 1 aliphatic rings. The SMILES string of the molecule is CNC(=O)C(=O)Nc1cc(OC)ccc1Nc1nc(SC)nc2c1CCC2. The fourth-order valence-electron chi connectivity index (χ4n) is 2.89. The monoisotopic (exact) mass is 387 g/mol. The molecule has 3 N–H and O–H groups in total. The van der Waals surface area contributed by atoms with Crippen LogP contribution in [0.5, 0.6) is 5.75 Å². The van der Waals surface area contributed by atoms with Crippen molar-refractivity contribution >= 4 is 40.8 Å². The van der Waals surface area contributed by atoms with Gasteiger partial charge < -0.3 is 20.7 Å². The first kappa shape index (κ1) is 19.0. The number of likely N-dealkylation sites (N-methyl/N-ethyl adjacent to an activating group) is 1. The molecule has 0 saturated carbocycles. The van der Waals surface area contributed by atoms with Gasteiger partial charge in [-0.2, -0.15) is 0 Å². The van der Waals surface area contributed by atoms with E-state index < -0.39 is 11.8 Å². The lowest BCUT2D eigenvalue weighted by molar-refractivity contribution is -0.135. The van der Waals surface area contributed by atoms with Crippen LogP contribution in [0.4, 0.5) is 17.2 Å². The normalized spacial score (nSPS) is 12.3. The van der Waals surface area contributed by atoms with E-state index in [1.807, 2.05) is 6.26 Å². The maximum Gasteiger partial charge on any atom is 0.313 e. The second kappa shape index (κ2) is 8.26. The van der Waals surface area contributed by atoms with Gasteiger partial charge in [0.25, 0.3) is 0 Å². The first-order chi connectivity index (χ1) is 13.0. The zero-order valence-corrected chi connectivity index (χ0v) is 16.2. The second-order valence-corrected chi connectivity index (χ2v) is 6.68. The second-order valence-electron chi connectivity index (χ2n) is 5.91. The summed E-state index contributed by atoms with van der Waals surface area (Å²) in [6, 6.07) is 5.20. The van der Waals surface area contributed by atoms with E-state index in [0.717, 1.165) is 36.3 Å². The molecule has 0 aliphatic heterocycles. The Bertz CT molecular complexity index is 888. The van der Waals surface area contributed by atoms with E-state index in [0.29, 0.717) is 22.3 Å². The average Bonchev–Trinajstić information content (AvgIpc) is 3.17. The first-order valence-corrected chi connectivity index (χ1v) is 9.70. The Morgan fingerprint density at radius 2 is 1.96 bits per heavy atom. The van der Waals surface area contributed by atoms with Gasteiger partial charge in [0.2, 0.25) is 0 Å². The van der Waals surface area contributed by atoms with Crippen molar-refractivity contribution in [3.63, 3.8) is 0 Å². The summed E-state index contributed by atoms with van der Waals surface area (Å²) in [6.45, 7) is 0. The number of nitrogens with zero attached hydrogens (tertiary/aromatic N) is 2. The number of carbonyl (C=O) groups excluding carboxylic acids is 2. The highest BCUT2D eigenvalue weighted by atomic mass is 32.2. The summed E-state index contributed by atoms with van der Waals surface area (Å²) < 4.78 is 5.23. The van der Waals surface area contributed by atoms with Gasteiger partial charge in [0.05, 0.1) is 24.2 Å². The predicted molar refractivity (Wildman–Crippen MR) is 105 cm³/mol. The maximum absolute atomic E-state index is 12.0. The Morgan fingerprint density at radius 3 is 2.67 bits per heavy atom. The Balaban J connectivity index is 1.96. The number of nitrogens with one attached hydrogen (secondary N) is 3. The highest BCUT2D eigenvalue weighted by molar-refractivity contribution is 7.98. The first-order valence-electron chi connectivity index (χ1n) is 8.47. The van der Waals surface area contributed by atoms with Crippen LogP contribution >= 0.6 is 11.8 Å². The number of benzene rings is 1. The molecule has 0 saturated heterocycles. The quantitative estimate of drug-likeness (QED) is 0.410. The number of aryl methyl sites for hydroxylation is 1. The number of thioether (sulfide) groups is 1. The van der Waals surface area contributed by atoms with Crippen molar-refractivity contribution in [1.29, 1.82) is 0 Å². The largest absolute Gasteiger partial charge is 0.497 e. The predicted octanol–water partition coefficient (Wildman–Crippen LogP) is 2.12. The molecule has 0 radical (unpaired) electrons. The van der Waals surface area contributed by atoms with Gasteiger partial charge in [-0.1, -0.05) is 11.8 Å². The van der Waals surface area contributed by atoms with Gasteiger partial charge >= 0.3 is 11.8 Å². The molecule has 0 unspecified atom stereocenters. The van der Waals surface area contributed by atoms with E-state index in [2.05, 4.69) is 25.9 Å². The van der Waals surface area contributed by atoms with Crippen LogP contribution in [0, 0.1) is 0 Å². The van der Waals surface area contributed by atoms with Gasteiger partial charge in [0.1, 0.15) is 11.6 Å². The molecule has 27 heavy (non-hydrogen) atoms. The topological polar surface area (TPSA) is 105 Å². The Hall–Kier alpha value is -2.81. The van der Waals surface area contributed by atoms with Crippen LogP contribution in [0.15, 0.2) is 23.4 Å². The minimum absolute atomic E-state index is 0.430. The van der Waals surface area contributed by atoms with E-state index in [1.165, 1.54) is 25.9 Å². The van der Waals surface area contributed by atoms with Crippen LogP contribution in [0.3, 0.4) is 0 Å². The van der Waals surface area contributed by atoms with E-state index in [4.69, 9.17) is 4.74 Å². The van der Waals surface area contributed by atoms with Gasteiger partial charge in [-0.25, -0.2) is 9.97 Å². The summed E-state index contributed by atoms with van der Waals surface area (Å²) in [7, 11) is 2.94. The molecule has 0 bridgehead atoms. The van der Waals surface area contributed by atoms with Crippen molar-refractivity contribution < 1.29 is 14.3 Å². The molecule has 1 aromatic carbocycles. The van der Waals surface area contributed by atoms with E-state index in [-0.39, 0.29) is 0 Å². The molecule has 0 spiro atoms. The Labute approximate surface area is 161 Å². The molecule has 1 heterocycles. The zero-order chi connectivity index (χ0) is 19.4. The summed E-state index contributed by atoms with van der Waals surface area (Å²) in [4.78, 5) is 32.8. The summed E-state index contributed by atoms with van der Waals surface area (Å²) >= 11 is 1.48. The van der Waals surface area contributed by atoms with Gasteiger partial charge in [-0.15, -0.1) is 0 Å². The molecule has 8 nitrogen and oxygen atoms in total. The molecule has 0 fully saturated rings. The van der Waals surface area contributed by atoms with Gasteiger partial charge in [-0.3, -0.25) is 9.59 Å². The van der Waals surface area contributed by atoms with Gasteiger partial charge in [-0.05, 0) is 37.7 Å². The minimum Gasteiger partial charge on any atom is -0.497 e. The number of hydrogen-bond donors (Lipinski definition) is 3. The van der Waals surface area contributed by atoms with E-state index in [1.54, 1.807) is 18.2 Å². The summed E-state index contributed by atoms with van der Waals surface area (Å²) in [6.07, 6.45) is 4.81. The van der Waals surface area contributed by atoms with Gasteiger partial charge in [0.15, 0.2) is 5.16 Å². The number of fused-ring (bicyclic) bond motifs is 1. The fraction of sp³-hybridized carbons (Fsp3) is 0.333. The smallest absolute Gasteiger partial charge is 0.313 e. The van der Waals surface area contributed by atoms with Crippen LogP contribution in [-0.4, -0.2) is 42.2 Å². The van der Waals surface area contributed by atoms with Crippen molar-refractivity contribution in [3.8, 4) is 5.75 Å². The molecule has 9 heteroatoms. The number of rotatable bonds is 5. The van der Waals surface area contributed by atoms with Crippen molar-refractivity contribution in [2.24, 2.45) is 0 Å². The molecule has 0 atom stereocenters. The maximum atomic E-state index is 12.0. The van der Waals surface area contributed by atoms with Crippen molar-refractivity contribution in [2.75, 3.05) is 31.0 Å². The molecule has 142 valence electrons. The molecule has 2 amide bonds. The van der Waals surface area contributed by atoms with Crippen LogP contribution in [0.1, 0.15) is 17.7 Å². The van der Waals surface area contributed by atoms with Crippen molar-refractivity contribution in [2.45, 2.75) is 24.4 Å². The number of hydrogen-bond acceptors (Lipinski definition) is 7. The van der Waals surface area contributed by atoms with Crippen LogP contribution in [-0.2, 0) is 22.4 Å². The molecule has 1 aliphatic carbocycles.